The molecule has 94 valence electrons. The second-order valence-corrected chi connectivity index (χ2v) is 4.74. The van der Waals surface area contributed by atoms with Crippen LogP contribution in [-0.4, -0.2) is 15.0 Å². The lowest BCUT2D eigenvalue weighted by Crippen LogP contribution is -2.23. The number of hydroxylamine groups is 2. The lowest BCUT2D eigenvalue weighted by atomic mass is 9.95. The molecule has 3 heterocycles. The molecule has 1 aromatic carbocycles. The highest BCUT2D eigenvalue weighted by Gasteiger charge is 2.35. The van der Waals surface area contributed by atoms with E-state index in [1.807, 2.05) is 48.7 Å². The number of rotatable bonds is 1. The second-order valence-electron chi connectivity index (χ2n) is 4.74. The van der Waals surface area contributed by atoms with E-state index in [4.69, 9.17) is 4.84 Å². The zero-order chi connectivity index (χ0) is 12.8. The first-order valence-electron chi connectivity index (χ1n) is 6.28. The van der Waals surface area contributed by atoms with Crippen molar-refractivity contribution in [3.05, 3.63) is 65.9 Å². The summed E-state index contributed by atoms with van der Waals surface area (Å²) in [6.07, 6.45) is 7.93. The Kier molecular flexibility index (Phi) is 2.06. The summed E-state index contributed by atoms with van der Waals surface area (Å²) in [5.74, 6) is 1.84. The van der Waals surface area contributed by atoms with Gasteiger partial charge in [0, 0.05) is 17.3 Å². The Hall–Kier alpha value is -2.49. The Labute approximate surface area is 111 Å². The third kappa shape index (κ3) is 1.50. The number of H-pyrrole nitrogens is 1. The first-order valence-corrected chi connectivity index (χ1v) is 6.28. The topological polar surface area (TPSA) is 41.2 Å². The molecule has 1 unspecified atom stereocenters. The number of imidazole rings is 1. The second kappa shape index (κ2) is 3.75. The summed E-state index contributed by atoms with van der Waals surface area (Å²) in [6.45, 7) is 1.96. The molecule has 4 heteroatoms. The summed E-state index contributed by atoms with van der Waals surface area (Å²) >= 11 is 0. The number of aryl methyl sites for hydroxylation is 1. The van der Waals surface area contributed by atoms with Gasteiger partial charge in [-0.3, -0.25) is 0 Å². The number of allylic oxidation sites excluding steroid dienone is 2. The molecule has 19 heavy (non-hydrogen) atoms. The maximum Gasteiger partial charge on any atom is 0.161 e. The van der Waals surface area contributed by atoms with Gasteiger partial charge in [-0.2, -0.15) is 0 Å². The van der Waals surface area contributed by atoms with Crippen LogP contribution in [0.4, 0.5) is 0 Å². The standard InChI is InChI=1S/C15H13N3O/c1-10-16-9-13(17-10)11-6-4-8-18-15(11)12-5-2-3-7-14(12)19-18/h2-9,15H,1H3,(H,16,17). The zero-order valence-corrected chi connectivity index (χ0v) is 10.5. The lowest BCUT2D eigenvalue weighted by molar-refractivity contribution is -0.00225. The smallest absolute Gasteiger partial charge is 0.161 e. The van der Waals surface area contributed by atoms with Gasteiger partial charge in [-0.25, -0.2) is 10.0 Å². The van der Waals surface area contributed by atoms with Crippen molar-refractivity contribution in [3.8, 4) is 5.75 Å². The van der Waals surface area contributed by atoms with Crippen LogP contribution in [0.15, 0.2) is 48.8 Å². The third-order valence-electron chi connectivity index (χ3n) is 3.49. The van der Waals surface area contributed by atoms with E-state index in [9.17, 15) is 0 Å². The SMILES string of the molecule is Cc1ncc(C2=CC=CN3Oc4ccccc4C23)[nH]1. The first-order chi connectivity index (χ1) is 9.33. The average molecular weight is 251 g/mol. The molecule has 0 amide bonds. The number of fused-ring (bicyclic) bond motifs is 3. The summed E-state index contributed by atoms with van der Waals surface area (Å²) in [6, 6.07) is 8.24. The minimum Gasteiger partial charge on any atom is -0.379 e. The number of aromatic amines is 1. The average Bonchev–Trinajstić information content (AvgIpc) is 3.01. The molecule has 0 radical (unpaired) electrons. The first kappa shape index (κ1) is 10.4. The number of hydrogen-bond donors (Lipinski definition) is 1. The van der Waals surface area contributed by atoms with Crippen LogP contribution in [0.3, 0.4) is 0 Å². The van der Waals surface area contributed by atoms with Crippen molar-refractivity contribution in [2.24, 2.45) is 0 Å². The molecule has 2 aromatic rings. The van der Waals surface area contributed by atoms with Crippen molar-refractivity contribution < 1.29 is 4.84 Å². The Balaban J connectivity index is 1.84. The normalized spacial score (nSPS) is 19.7. The molecular weight excluding hydrogens is 238 g/mol. The fourth-order valence-electron chi connectivity index (χ4n) is 2.64. The van der Waals surface area contributed by atoms with Crippen molar-refractivity contribution in [2.45, 2.75) is 13.0 Å². The lowest BCUT2D eigenvalue weighted by Gasteiger charge is -2.25. The predicted octanol–water partition coefficient (Wildman–Crippen LogP) is 2.98. The van der Waals surface area contributed by atoms with Crippen LogP contribution < -0.4 is 4.84 Å². The van der Waals surface area contributed by atoms with Crippen molar-refractivity contribution in [1.82, 2.24) is 15.0 Å². The van der Waals surface area contributed by atoms with Crippen molar-refractivity contribution in [2.75, 3.05) is 0 Å². The Morgan fingerprint density at radius 3 is 3.05 bits per heavy atom. The molecule has 2 aliphatic heterocycles. The zero-order valence-electron chi connectivity index (χ0n) is 10.5. The molecule has 1 N–H and O–H groups in total. The molecule has 0 fully saturated rings. The number of benzene rings is 1. The highest BCUT2D eigenvalue weighted by Crippen LogP contribution is 2.46. The molecule has 4 nitrogen and oxygen atoms in total. The molecule has 1 aromatic heterocycles. The van der Waals surface area contributed by atoms with Crippen LogP contribution in [0.5, 0.6) is 5.75 Å². The van der Waals surface area contributed by atoms with E-state index in [-0.39, 0.29) is 6.04 Å². The summed E-state index contributed by atoms with van der Waals surface area (Å²) in [5, 5.41) is 1.89. The van der Waals surface area contributed by atoms with E-state index in [2.05, 4.69) is 22.1 Å². The van der Waals surface area contributed by atoms with E-state index in [1.54, 1.807) is 0 Å². The van der Waals surface area contributed by atoms with Gasteiger partial charge in [-0.05, 0) is 19.1 Å². The number of hydrogen-bond acceptors (Lipinski definition) is 3. The Morgan fingerprint density at radius 2 is 2.21 bits per heavy atom. The summed E-state index contributed by atoms with van der Waals surface area (Å²) in [7, 11) is 0. The summed E-state index contributed by atoms with van der Waals surface area (Å²) in [4.78, 5) is 13.4. The molecular formula is C15H13N3O. The molecule has 0 bridgehead atoms. The van der Waals surface area contributed by atoms with Gasteiger partial charge >= 0.3 is 0 Å². The predicted molar refractivity (Wildman–Crippen MR) is 72.1 cm³/mol. The minimum atomic E-state index is 0.0982. The minimum absolute atomic E-state index is 0.0982. The van der Waals surface area contributed by atoms with Crippen LogP contribution in [0.1, 0.15) is 23.1 Å². The van der Waals surface area contributed by atoms with Crippen molar-refractivity contribution in [3.63, 3.8) is 0 Å². The molecule has 1 atom stereocenters. The fourth-order valence-corrected chi connectivity index (χ4v) is 2.64. The highest BCUT2D eigenvalue weighted by atomic mass is 16.7. The van der Waals surface area contributed by atoms with Crippen LogP contribution in [0, 0.1) is 6.92 Å². The van der Waals surface area contributed by atoms with Gasteiger partial charge in [0.1, 0.15) is 11.9 Å². The largest absolute Gasteiger partial charge is 0.379 e. The maximum atomic E-state index is 5.84. The van der Waals surface area contributed by atoms with Crippen LogP contribution in [0.2, 0.25) is 0 Å². The van der Waals surface area contributed by atoms with Gasteiger partial charge in [-0.1, -0.05) is 24.3 Å². The maximum absolute atomic E-state index is 5.84. The van der Waals surface area contributed by atoms with Crippen LogP contribution in [-0.2, 0) is 0 Å². The molecule has 0 aliphatic carbocycles. The van der Waals surface area contributed by atoms with E-state index in [1.165, 1.54) is 11.1 Å². The fraction of sp³-hybridized carbons (Fsp3) is 0.133. The number of para-hydroxylation sites is 1. The van der Waals surface area contributed by atoms with Gasteiger partial charge in [0.05, 0.1) is 11.9 Å². The van der Waals surface area contributed by atoms with Gasteiger partial charge in [-0.15, -0.1) is 0 Å². The van der Waals surface area contributed by atoms with E-state index in [0.717, 1.165) is 17.3 Å². The van der Waals surface area contributed by atoms with Crippen LogP contribution >= 0.6 is 0 Å². The molecule has 0 saturated heterocycles. The highest BCUT2D eigenvalue weighted by molar-refractivity contribution is 5.73. The van der Waals surface area contributed by atoms with Gasteiger partial charge in [0.2, 0.25) is 0 Å². The van der Waals surface area contributed by atoms with Gasteiger partial charge in [0.25, 0.3) is 0 Å². The number of nitrogens with one attached hydrogen (secondary N) is 1. The van der Waals surface area contributed by atoms with E-state index >= 15 is 0 Å². The summed E-state index contributed by atoms with van der Waals surface area (Å²) < 4.78 is 0. The number of nitrogens with zero attached hydrogens (tertiary/aromatic N) is 2. The molecule has 4 rings (SSSR count). The van der Waals surface area contributed by atoms with Gasteiger partial charge in [0.15, 0.2) is 5.75 Å². The van der Waals surface area contributed by atoms with Gasteiger partial charge < -0.3 is 9.82 Å². The molecule has 0 spiro atoms. The molecule has 0 saturated carbocycles. The van der Waals surface area contributed by atoms with Crippen LogP contribution in [0.25, 0.3) is 5.57 Å². The van der Waals surface area contributed by atoms with E-state index < -0.39 is 0 Å². The van der Waals surface area contributed by atoms with E-state index in [0.29, 0.717) is 0 Å². The quantitative estimate of drug-likeness (QED) is 0.847. The third-order valence-corrected chi connectivity index (χ3v) is 3.49. The number of aromatic nitrogens is 2. The monoisotopic (exact) mass is 251 g/mol. The molecule has 2 aliphatic rings. The van der Waals surface area contributed by atoms with Crippen molar-refractivity contribution in [1.29, 1.82) is 0 Å². The Morgan fingerprint density at radius 1 is 1.32 bits per heavy atom. The Bertz CT molecular complexity index is 699. The summed E-state index contributed by atoms with van der Waals surface area (Å²) in [5.41, 5.74) is 3.40. The van der Waals surface area contributed by atoms with Crippen molar-refractivity contribution >= 4 is 5.57 Å².